The van der Waals surface area contributed by atoms with Gasteiger partial charge in [-0.15, -0.1) is 0 Å². The fourth-order valence-electron chi connectivity index (χ4n) is 1.21. The fourth-order valence-corrected chi connectivity index (χ4v) is 1.21. The van der Waals surface area contributed by atoms with Crippen LogP contribution in [-0.4, -0.2) is 17.9 Å². The van der Waals surface area contributed by atoms with Crippen LogP contribution in [0.25, 0.3) is 0 Å². The Kier molecular flexibility index (Phi) is 1.37. The van der Waals surface area contributed by atoms with Crippen molar-refractivity contribution in [1.29, 1.82) is 0 Å². The molecule has 0 atom stereocenters. The molecule has 0 N–H and O–H groups in total. The SMILES string of the molecule is O=CC1=NC(=O)c2ccccc21. The van der Waals surface area contributed by atoms with Crippen LogP contribution < -0.4 is 0 Å². The van der Waals surface area contributed by atoms with Crippen molar-refractivity contribution in [2.45, 2.75) is 0 Å². The highest BCUT2D eigenvalue weighted by Gasteiger charge is 2.21. The molecule has 0 aliphatic carbocycles. The molecule has 0 bridgehead atoms. The van der Waals surface area contributed by atoms with E-state index in [0.29, 0.717) is 17.4 Å². The summed E-state index contributed by atoms with van der Waals surface area (Å²) in [5.74, 6) is -0.326. The van der Waals surface area contributed by atoms with Gasteiger partial charge >= 0.3 is 0 Å². The van der Waals surface area contributed by atoms with Crippen molar-refractivity contribution in [3.63, 3.8) is 0 Å². The maximum Gasteiger partial charge on any atom is 0.278 e. The van der Waals surface area contributed by atoms with Crippen LogP contribution in [0.2, 0.25) is 0 Å². The van der Waals surface area contributed by atoms with E-state index in [1.54, 1.807) is 24.3 Å². The third kappa shape index (κ3) is 0.797. The molecule has 1 aliphatic heterocycles. The summed E-state index contributed by atoms with van der Waals surface area (Å²) in [6.07, 6.45) is 0.601. The van der Waals surface area contributed by atoms with Gasteiger partial charge in [0.15, 0.2) is 6.29 Å². The Balaban J connectivity index is 2.68. The first-order chi connectivity index (χ1) is 5.83. The zero-order valence-electron chi connectivity index (χ0n) is 6.15. The number of aldehydes is 1. The van der Waals surface area contributed by atoms with Crippen LogP contribution in [-0.2, 0) is 4.79 Å². The minimum atomic E-state index is -0.326. The summed E-state index contributed by atoms with van der Waals surface area (Å²) in [7, 11) is 0. The fraction of sp³-hybridized carbons (Fsp3) is 0. The van der Waals surface area contributed by atoms with E-state index in [1.807, 2.05) is 0 Å². The van der Waals surface area contributed by atoms with Gasteiger partial charge in [-0.3, -0.25) is 9.59 Å². The third-order valence-corrected chi connectivity index (χ3v) is 1.77. The Labute approximate surface area is 68.7 Å². The first-order valence-corrected chi connectivity index (χ1v) is 3.50. The first-order valence-electron chi connectivity index (χ1n) is 3.50. The van der Waals surface area contributed by atoms with E-state index in [-0.39, 0.29) is 11.6 Å². The van der Waals surface area contributed by atoms with Crippen molar-refractivity contribution < 1.29 is 9.59 Å². The topological polar surface area (TPSA) is 46.5 Å². The van der Waals surface area contributed by atoms with Gasteiger partial charge < -0.3 is 0 Å². The molecule has 58 valence electrons. The molecule has 12 heavy (non-hydrogen) atoms. The molecule has 1 amide bonds. The molecular formula is C9H5NO2. The molecular weight excluding hydrogens is 154 g/mol. The molecule has 3 nitrogen and oxygen atoms in total. The van der Waals surface area contributed by atoms with Crippen molar-refractivity contribution >= 4 is 17.9 Å². The molecule has 1 heterocycles. The van der Waals surface area contributed by atoms with Crippen molar-refractivity contribution in [3.8, 4) is 0 Å². The van der Waals surface area contributed by atoms with Crippen LogP contribution in [0.4, 0.5) is 0 Å². The Hall–Kier alpha value is -1.77. The molecule has 3 heteroatoms. The number of carbonyl (C=O) groups excluding carboxylic acids is 2. The van der Waals surface area contributed by atoms with Crippen molar-refractivity contribution in [2.24, 2.45) is 4.99 Å². The Morgan fingerprint density at radius 1 is 1.17 bits per heavy atom. The van der Waals surface area contributed by atoms with E-state index < -0.39 is 0 Å². The largest absolute Gasteiger partial charge is 0.296 e. The van der Waals surface area contributed by atoms with Gasteiger partial charge in [0.05, 0.1) is 5.56 Å². The van der Waals surface area contributed by atoms with E-state index in [2.05, 4.69) is 4.99 Å². The van der Waals surface area contributed by atoms with Crippen LogP contribution in [0.5, 0.6) is 0 Å². The van der Waals surface area contributed by atoms with Gasteiger partial charge in [0.2, 0.25) is 0 Å². The molecule has 0 saturated carbocycles. The second-order valence-electron chi connectivity index (χ2n) is 2.47. The monoisotopic (exact) mass is 159 g/mol. The molecule has 0 aromatic heterocycles. The lowest BCUT2D eigenvalue weighted by atomic mass is 10.1. The standard InChI is InChI=1S/C9H5NO2/c11-5-8-6-3-1-2-4-7(6)9(12)10-8/h1-5H. The third-order valence-electron chi connectivity index (χ3n) is 1.77. The van der Waals surface area contributed by atoms with Crippen LogP contribution in [0.1, 0.15) is 15.9 Å². The zero-order chi connectivity index (χ0) is 8.55. The number of carbonyl (C=O) groups is 2. The molecule has 2 rings (SSSR count). The summed E-state index contributed by atoms with van der Waals surface area (Å²) in [4.78, 5) is 25.1. The quantitative estimate of drug-likeness (QED) is 0.569. The second-order valence-corrected chi connectivity index (χ2v) is 2.47. The van der Waals surface area contributed by atoms with Gasteiger partial charge in [-0.2, -0.15) is 0 Å². The molecule has 1 aromatic carbocycles. The number of aliphatic imine (C=N–C) groups is 1. The maximum absolute atomic E-state index is 11.1. The second kappa shape index (κ2) is 2.37. The first kappa shape index (κ1) is 6.91. The lowest BCUT2D eigenvalue weighted by Gasteiger charge is -1.92. The van der Waals surface area contributed by atoms with Gasteiger partial charge in [0.1, 0.15) is 5.71 Å². The number of nitrogens with zero attached hydrogens (tertiary/aromatic N) is 1. The summed E-state index contributed by atoms with van der Waals surface area (Å²) in [5.41, 5.74) is 1.38. The Morgan fingerprint density at radius 3 is 2.50 bits per heavy atom. The molecule has 1 aliphatic rings. The molecule has 0 radical (unpaired) electrons. The molecule has 0 fully saturated rings. The lowest BCUT2D eigenvalue weighted by molar-refractivity contribution is -0.102. The van der Waals surface area contributed by atoms with Gasteiger partial charge in [0, 0.05) is 5.56 Å². The number of hydrogen-bond acceptors (Lipinski definition) is 2. The zero-order valence-corrected chi connectivity index (χ0v) is 6.15. The highest BCUT2D eigenvalue weighted by atomic mass is 16.1. The summed E-state index contributed by atoms with van der Waals surface area (Å²) < 4.78 is 0. The van der Waals surface area contributed by atoms with E-state index >= 15 is 0 Å². The average molecular weight is 159 g/mol. The smallest absolute Gasteiger partial charge is 0.278 e. The van der Waals surface area contributed by atoms with E-state index in [0.717, 1.165) is 0 Å². The van der Waals surface area contributed by atoms with Crippen LogP contribution in [0.3, 0.4) is 0 Å². The summed E-state index contributed by atoms with van der Waals surface area (Å²) in [6.45, 7) is 0. The van der Waals surface area contributed by atoms with E-state index in [4.69, 9.17) is 0 Å². The average Bonchev–Trinajstić information content (AvgIpc) is 2.44. The number of hydrogen-bond donors (Lipinski definition) is 0. The number of amides is 1. The van der Waals surface area contributed by atoms with E-state index in [1.165, 1.54) is 0 Å². The predicted octanol–water partition coefficient (Wildman–Crippen LogP) is 0.828. The van der Waals surface area contributed by atoms with Crippen molar-refractivity contribution in [2.75, 3.05) is 0 Å². The summed E-state index contributed by atoms with van der Waals surface area (Å²) in [5, 5.41) is 0. The van der Waals surface area contributed by atoms with Gasteiger partial charge in [-0.05, 0) is 6.07 Å². The van der Waals surface area contributed by atoms with Crippen LogP contribution >= 0.6 is 0 Å². The lowest BCUT2D eigenvalue weighted by Crippen LogP contribution is -1.98. The number of fused-ring (bicyclic) bond motifs is 1. The van der Waals surface area contributed by atoms with E-state index in [9.17, 15) is 9.59 Å². The van der Waals surface area contributed by atoms with Gasteiger partial charge in [-0.25, -0.2) is 4.99 Å². The molecule has 1 aromatic rings. The molecule has 0 unspecified atom stereocenters. The number of rotatable bonds is 1. The van der Waals surface area contributed by atoms with Gasteiger partial charge in [-0.1, -0.05) is 18.2 Å². The molecule has 0 spiro atoms. The minimum Gasteiger partial charge on any atom is -0.296 e. The maximum atomic E-state index is 11.1. The van der Waals surface area contributed by atoms with Crippen molar-refractivity contribution in [1.82, 2.24) is 0 Å². The Bertz CT molecular complexity index is 393. The van der Waals surface area contributed by atoms with Crippen LogP contribution in [0, 0.1) is 0 Å². The highest BCUT2D eigenvalue weighted by Crippen LogP contribution is 2.16. The van der Waals surface area contributed by atoms with Crippen molar-refractivity contribution in [3.05, 3.63) is 35.4 Å². The number of benzene rings is 1. The van der Waals surface area contributed by atoms with Gasteiger partial charge in [0.25, 0.3) is 5.91 Å². The summed E-state index contributed by atoms with van der Waals surface area (Å²) in [6, 6.07) is 6.90. The normalized spacial score (nSPS) is 14.0. The predicted molar refractivity (Wildman–Crippen MR) is 43.4 cm³/mol. The minimum absolute atomic E-state index is 0.232. The highest BCUT2D eigenvalue weighted by molar-refractivity contribution is 6.43. The molecule has 0 saturated heterocycles. The van der Waals surface area contributed by atoms with Crippen LogP contribution in [0.15, 0.2) is 29.3 Å². The summed E-state index contributed by atoms with van der Waals surface area (Å²) >= 11 is 0. The Morgan fingerprint density at radius 2 is 1.83 bits per heavy atom.